The molecule has 0 aliphatic carbocycles. The molecule has 11 heteroatoms. The zero-order valence-electron chi connectivity index (χ0n) is 20.0. The molecule has 0 saturated carbocycles. The van der Waals surface area contributed by atoms with Gasteiger partial charge in [-0.05, 0) is 38.0 Å². The smallest absolute Gasteiger partial charge is 0.416 e. The summed E-state index contributed by atoms with van der Waals surface area (Å²) in [4.78, 5) is 26.5. The second kappa shape index (κ2) is 9.04. The highest BCUT2D eigenvalue weighted by Crippen LogP contribution is 2.36. The van der Waals surface area contributed by atoms with Gasteiger partial charge in [0.25, 0.3) is 0 Å². The molecule has 0 radical (unpaired) electrons. The number of carbonyl (C=O) groups is 1. The van der Waals surface area contributed by atoms with E-state index in [0.29, 0.717) is 47.0 Å². The number of amides is 1. The van der Waals surface area contributed by atoms with Gasteiger partial charge in [-0.1, -0.05) is 12.1 Å². The van der Waals surface area contributed by atoms with Crippen LogP contribution in [0.15, 0.2) is 30.5 Å². The molecule has 4 rings (SSSR count). The third-order valence-corrected chi connectivity index (χ3v) is 6.53. The number of anilines is 1. The van der Waals surface area contributed by atoms with Crippen LogP contribution < -0.4 is 9.96 Å². The SMILES string of the molecule is CC(=O)N1CC[N+]([O-])(c2cnc3nc(C)nc(N[C@H](C)c4cccc(C(F)(F)F)c4C)c3c2)CC1. The Morgan fingerprint density at radius 2 is 1.89 bits per heavy atom. The fourth-order valence-electron chi connectivity index (χ4n) is 4.52. The lowest BCUT2D eigenvalue weighted by Gasteiger charge is -2.47. The minimum Gasteiger partial charge on any atom is -0.627 e. The van der Waals surface area contributed by atoms with Gasteiger partial charge in [-0.2, -0.15) is 13.2 Å². The molecule has 3 heterocycles. The number of piperazine rings is 1. The summed E-state index contributed by atoms with van der Waals surface area (Å²) >= 11 is 0. The van der Waals surface area contributed by atoms with Crippen molar-refractivity contribution in [1.29, 1.82) is 0 Å². The van der Waals surface area contributed by atoms with Crippen molar-refractivity contribution in [2.24, 2.45) is 0 Å². The average molecular weight is 489 g/mol. The Hall–Kier alpha value is -3.31. The lowest BCUT2D eigenvalue weighted by Crippen LogP contribution is -2.58. The molecule has 1 amide bonds. The third-order valence-electron chi connectivity index (χ3n) is 6.53. The van der Waals surface area contributed by atoms with Gasteiger partial charge in [0.2, 0.25) is 5.91 Å². The Bertz CT molecular complexity index is 1270. The van der Waals surface area contributed by atoms with Crippen molar-refractivity contribution in [2.75, 3.05) is 31.5 Å². The maximum absolute atomic E-state index is 13.5. The lowest BCUT2D eigenvalue weighted by atomic mass is 9.97. The molecule has 1 aliphatic heterocycles. The molecule has 2 aromatic heterocycles. The molecule has 1 aromatic carbocycles. The number of hydrogen-bond acceptors (Lipinski definition) is 6. The summed E-state index contributed by atoms with van der Waals surface area (Å²) < 4.78 is 39.6. The van der Waals surface area contributed by atoms with Crippen molar-refractivity contribution in [3.63, 3.8) is 0 Å². The Morgan fingerprint density at radius 1 is 1.20 bits per heavy atom. The summed E-state index contributed by atoms with van der Waals surface area (Å²) in [6.07, 6.45) is -2.95. The number of fused-ring (bicyclic) bond motifs is 1. The van der Waals surface area contributed by atoms with Gasteiger partial charge in [0.15, 0.2) is 11.3 Å². The number of alkyl halides is 3. The van der Waals surface area contributed by atoms with Crippen molar-refractivity contribution in [2.45, 2.75) is 39.9 Å². The molecule has 0 bridgehead atoms. The first-order chi connectivity index (χ1) is 16.4. The van der Waals surface area contributed by atoms with Gasteiger partial charge >= 0.3 is 6.18 Å². The second-order valence-corrected chi connectivity index (χ2v) is 8.91. The Labute approximate surface area is 201 Å². The minimum absolute atomic E-state index is 0.0675. The van der Waals surface area contributed by atoms with Crippen LogP contribution in [0.2, 0.25) is 0 Å². The van der Waals surface area contributed by atoms with Crippen molar-refractivity contribution in [1.82, 2.24) is 24.5 Å². The highest BCUT2D eigenvalue weighted by molar-refractivity contribution is 5.89. The molecule has 35 heavy (non-hydrogen) atoms. The predicted octanol–water partition coefficient (Wildman–Crippen LogP) is 4.50. The van der Waals surface area contributed by atoms with E-state index in [0.717, 1.165) is 6.07 Å². The quantitative estimate of drug-likeness (QED) is 0.429. The standard InChI is InChI=1S/C24H27F3N6O2/c1-14-19(6-5-7-21(14)24(25,26)27)15(2)29-23-20-12-18(13-28-22(20)30-16(3)31-23)33(35)10-8-32(9-11-33)17(4)34/h5-7,12-13,15H,8-11H2,1-4H3,(H,28,29,30,31)/t15-/m1/s1. The zero-order chi connectivity index (χ0) is 25.5. The van der Waals surface area contributed by atoms with Crippen LogP contribution in [0.25, 0.3) is 11.0 Å². The average Bonchev–Trinajstić information content (AvgIpc) is 2.78. The Kier molecular flexibility index (Phi) is 6.41. The fraction of sp³-hybridized carbons (Fsp3) is 0.417. The molecule has 1 fully saturated rings. The van der Waals surface area contributed by atoms with Gasteiger partial charge in [0.1, 0.15) is 24.7 Å². The predicted molar refractivity (Wildman–Crippen MR) is 127 cm³/mol. The van der Waals surface area contributed by atoms with Gasteiger partial charge in [0.05, 0.1) is 36.3 Å². The highest BCUT2D eigenvalue weighted by Gasteiger charge is 2.33. The van der Waals surface area contributed by atoms with Gasteiger partial charge in [-0.25, -0.2) is 15.0 Å². The number of pyridine rings is 1. The number of aryl methyl sites for hydroxylation is 1. The maximum atomic E-state index is 13.5. The van der Waals surface area contributed by atoms with Gasteiger partial charge < -0.3 is 20.1 Å². The van der Waals surface area contributed by atoms with Crippen LogP contribution >= 0.6 is 0 Å². The van der Waals surface area contributed by atoms with Crippen LogP contribution in [0, 0.1) is 19.1 Å². The van der Waals surface area contributed by atoms with Crippen LogP contribution in [0.4, 0.5) is 24.7 Å². The lowest BCUT2D eigenvalue weighted by molar-refractivity contribution is -0.138. The number of nitrogens with zero attached hydrogens (tertiary/aromatic N) is 5. The van der Waals surface area contributed by atoms with Gasteiger partial charge in [-0.15, -0.1) is 0 Å². The van der Waals surface area contributed by atoms with Crippen molar-refractivity contribution in [3.8, 4) is 0 Å². The molecule has 0 unspecified atom stereocenters. The van der Waals surface area contributed by atoms with E-state index in [4.69, 9.17) is 0 Å². The third kappa shape index (κ3) is 4.92. The molecular formula is C24H27F3N6O2. The van der Waals surface area contributed by atoms with E-state index >= 15 is 0 Å². The van der Waals surface area contributed by atoms with Crippen molar-refractivity contribution >= 4 is 28.4 Å². The van der Waals surface area contributed by atoms with E-state index in [2.05, 4.69) is 20.3 Å². The van der Waals surface area contributed by atoms with Crippen molar-refractivity contribution < 1.29 is 18.0 Å². The summed E-state index contributed by atoms with van der Waals surface area (Å²) in [5.41, 5.74) is 0.742. The molecule has 1 N–H and O–H groups in total. The first-order valence-electron chi connectivity index (χ1n) is 11.3. The van der Waals surface area contributed by atoms with Crippen LogP contribution in [0.3, 0.4) is 0 Å². The zero-order valence-corrected chi connectivity index (χ0v) is 20.0. The van der Waals surface area contributed by atoms with Crippen LogP contribution in [0.1, 0.15) is 42.4 Å². The fourth-order valence-corrected chi connectivity index (χ4v) is 4.52. The molecule has 1 atom stereocenters. The van der Waals surface area contributed by atoms with Crippen LogP contribution in [-0.2, 0) is 11.0 Å². The van der Waals surface area contributed by atoms with Crippen LogP contribution in [0.5, 0.6) is 0 Å². The number of aromatic nitrogens is 3. The topological polar surface area (TPSA) is 94.1 Å². The molecule has 1 saturated heterocycles. The largest absolute Gasteiger partial charge is 0.627 e. The highest BCUT2D eigenvalue weighted by atomic mass is 19.4. The van der Waals surface area contributed by atoms with Gasteiger partial charge in [0, 0.05) is 13.0 Å². The number of quaternary nitrogens is 1. The van der Waals surface area contributed by atoms with Gasteiger partial charge in [-0.3, -0.25) is 4.79 Å². The number of hydrogen-bond donors (Lipinski definition) is 1. The summed E-state index contributed by atoms with van der Waals surface area (Å²) in [7, 11) is 0. The Morgan fingerprint density at radius 3 is 2.51 bits per heavy atom. The summed E-state index contributed by atoms with van der Waals surface area (Å²) in [6.45, 7) is 7.47. The van der Waals surface area contributed by atoms with E-state index in [1.54, 1.807) is 30.9 Å². The summed E-state index contributed by atoms with van der Waals surface area (Å²) in [5.74, 6) is 0.761. The molecular weight excluding hydrogens is 461 g/mol. The number of benzene rings is 1. The van der Waals surface area contributed by atoms with E-state index < -0.39 is 22.4 Å². The normalized spacial score (nSPS) is 16.9. The molecule has 1 aliphatic rings. The minimum atomic E-state index is -4.45. The number of carbonyl (C=O) groups excluding carboxylic acids is 1. The van der Waals surface area contributed by atoms with E-state index in [-0.39, 0.29) is 24.6 Å². The van der Waals surface area contributed by atoms with Crippen molar-refractivity contribution in [3.05, 3.63) is 58.2 Å². The molecule has 8 nitrogen and oxygen atoms in total. The first kappa shape index (κ1) is 24.8. The molecule has 0 spiro atoms. The number of halogens is 3. The maximum Gasteiger partial charge on any atom is 0.416 e. The monoisotopic (exact) mass is 488 g/mol. The van der Waals surface area contributed by atoms with E-state index in [1.807, 2.05) is 0 Å². The van der Waals surface area contributed by atoms with E-state index in [9.17, 15) is 23.2 Å². The van der Waals surface area contributed by atoms with Crippen LogP contribution in [-0.4, -0.2) is 51.9 Å². The number of rotatable bonds is 4. The summed E-state index contributed by atoms with van der Waals surface area (Å²) in [5, 5.41) is 17.2. The first-order valence-corrected chi connectivity index (χ1v) is 11.3. The Balaban J connectivity index is 1.69. The molecule has 3 aromatic rings. The summed E-state index contributed by atoms with van der Waals surface area (Å²) in [6, 6.07) is 5.28. The number of nitrogens with one attached hydrogen (secondary N) is 1. The molecule has 186 valence electrons. The second-order valence-electron chi connectivity index (χ2n) is 8.91. The number of hydroxylamine groups is 2. The van der Waals surface area contributed by atoms with E-state index in [1.165, 1.54) is 26.1 Å².